The summed E-state index contributed by atoms with van der Waals surface area (Å²) in [4.78, 5) is 12.3. The molecule has 1 aliphatic rings. The van der Waals surface area contributed by atoms with Crippen LogP contribution in [0.15, 0.2) is 34.9 Å². The van der Waals surface area contributed by atoms with E-state index in [1.165, 1.54) is 13.8 Å². The number of benzene rings is 1. The van der Waals surface area contributed by atoms with Crippen molar-refractivity contribution in [1.82, 2.24) is 0 Å². The molecule has 0 bridgehead atoms. The molecular formula is C17H14F4N2O4. The number of carbonyl (C=O) groups excluding carboxylic acids is 1. The fourth-order valence-corrected chi connectivity index (χ4v) is 2.69. The standard InChI is InChI=1S/C17H14F4N2O4/c1-3-26-16(25)13-7(2)27-15(23)9(6-22)14(13)8-4-10(17(19,20)21)11(18)5-12(8)24/h4-5,14,24H,3,23H2,1-2H3. The average Bonchev–Trinajstić information content (AvgIpc) is 2.53. The van der Waals surface area contributed by atoms with Crippen molar-refractivity contribution in [1.29, 1.82) is 5.26 Å². The number of hydrogen-bond donors (Lipinski definition) is 2. The van der Waals surface area contributed by atoms with Gasteiger partial charge in [0.1, 0.15) is 29.0 Å². The molecule has 1 atom stereocenters. The van der Waals surface area contributed by atoms with Gasteiger partial charge in [0.2, 0.25) is 5.88 Å². The highest BCUT2D eigenvalue weighted by Crippen LogP contribution is 2.45. The first-order valence-corrected chi connectivity index (χ1v) is 7.57. The van der Waals surface area contributed by atoms with Crippen molar-refractivity contribution in [3.05, 3.63) is 51.9 Å². The average molecular weight is 386 g/mol. The smallest absolute Gasteiger partial charge is 0.419 e. The van der Waals surface area contributed by atoms with Gasteiger partial charge in [-0.3, -0.25) is 0 Å². The van der Waals surface area contributed by atoms with Gasteiger partial charge in [0.25, 0.3) is 0 Å². The van der Waals surface area contributed by atoms with Crippen LogP contribution in [-0.2, 0) is 20.4 Å². The number of phenols is 1. The number of esters is 1. The zero-order valence-electron chi connectivity index (χ0n) is 14.1. The number of nitriles is 1. The van der Waals surface area contributed by atoms with Gasteiger partial charge in [-0.05, 0) is 19.9 Å². The molecule has 1 aromatic carbocycles. The van der Waals surface area contributed by atoms with E-state index in [1.54, 1.807) is 6.07 Å². The van der Waals surface area contributed by atoms with Crippen molar-refractivity contribution >= 4 is 5.97 Å². The SMILES string of the molecule is CCOC(=O)C1=C(C)OC(N)=C(C#N)C1c1cc(C(F)(F)F)c(F)cc1O. The molecule has 0 spiro atoms. The lowest BCUT2D eigenvalue weighted by Crippen LogP contribution is -2.26. The molecule has 0 saturated carbocycles. The van der Waals surface area contributed by atoms with Crippen LogP contribution in [0.2, 0.25) is 0 Å². The van der Waals surface area contributed by atoms with Crippen LogP contribution < -0.4 is 5.73 Å². The van der Waals surface area contributed by atoms with Gasteiger partial charge in [-0.2, -0.15) is 18.4 Å². The van der Waals surface area contributed by atoms with Crippen LogP contribution >= 0.6 is 0 Å². The van der Waals surface area contributed by atoms with Crippen LogP contribution in [0, 0.1) is 17.1 Å². The predicted molar refractivity (Wildman–Crippen MR) is 83.1 cm³/mol. The molecule has 1 aromatic rings. The van der Waals surface area contributed by atoms with E-state index in [4.69, 9.17) is 15.2 Å². The summed E-state index contributed by atoms with van der Waals surface area (Å²) in [6, 6.07) is 2.24. The highest BCUT2D eigenvalue weighted by molar-refractivity contribution is 5.92. The number of hydrogen-bond acceptors (Lipinski definition) is 6. The van der Waals surface area contributed by atoms with Gasteiger partial charge in [-0.25, -0.2) is 9.18 Å². The van der Waals surface area contributed by atoms with Gasteiger partial charge in [0, 0.05) is 11.6 Å². The van der Waals surface area contributed by atoms with Gasteiger partial charge < -0.3 is 20.3 Å². The Morgan fingerprint density at radius 3 is 2.59 bits per heavy atom. The van der Waals surface area contributed by atoms with Gasteiger partial charge in [-0.15, -0.1) is 0 Å². The highest BCUT2D eigenvalue weighted by atomic mass is 19.4. The van der Waals surface area contributed by atoms with E-state index in [1.807, 2.05) is 0 Å². The van der Waals surface area contributed by atoms with E-state index in [0.717, 1.165) is 0 Å². The fraction of sp³-hybridized carbons (Fsp3) is 0.294. The largest absolute Gasteiger partial charge is 0.508 e. The quantitative estimate of drug-likeness (QED) is 0.611. The molecular weight excluding hydrogens is 372 g/mol. The lowest BCUT2D eigenvalue weighted by atomic mass is 9.82. The third-order valence-corrected chi connectivity index (χ3v) is 3.83. The number of allylic oxidation sites excluding steroid dienone is 2. The van der Waals surface area contributed by atoms with Crippen LogP contribution in [-0.4, -0.2) is 17.7 Å². The molecule has 0 radical (unpaired) electrons. The fourth-order valence-electron chi connectivity index (χ4n) is 2.69. The number of carbonyl (C=O) groups is 1. The van der Waals surface area contributed by atoms with Gasteiger partial charge in [0.05, 0.1) is 23.7 Å². The second-order valence-electron chi connectivity index (χ2n) is 5.50. The Kier molecular flexibility index (Phi) is 5.35. The third-order valence-electron chi connectivity index (χ3n) is 3.83. The molecule has 27 heavy (non-hydrogen) atoms. The molecule has 1 unspecified atom stereocenters. The summed E-state index contributed by atoms with van der Waals surface area (Å²) in [5, 5.41) is 19.4. The lowest BCUT2D eigenvalue weighted by molar-refractivity contribution is -0.140. The van der Waals surface area contributed by atoms with Crippen molar-refractivity contribution in [2.24, 2.45) is 5.73 Å². The van der Waals surface area contributed by atoms with Crippen LogP contribution in [0.4, 0.5) is 17.6 Å². The maximum Gasteiger partial charge on any atom is 0.419 e. The Morgan fingerprint density at radius 1 is 1.44 bits per heavy atom. The first-order valence-electron chi connectivity index (χ1n) is 7.57. The summed E-state index contributed by atoms with van der Waals surface area (Å²) < 4.78 is 62.9. The molecule has 3 N–H and O–H groups in total. The minimum atomic E-state index is -5.07. The molecule has 0 amide bonds. The normalized spacial score (nSPS) is 17.4. The number of ether oxygens (including phenoxy) is 2. The summed E-state index contributed by atoms with van der Waals surface area (Å²) in [6.07, 6.45) is -5.07. The van der Waals surface area contributed by atoms with Gasteiger partial charge in [0.15, 0.2) is 0 Å². The van der Waals surface area contributed by atoms with Crippen molar-refractivity contribution in [3.63, 3.8) is 0 Å². The summed E-state index contributed by atoms with van der Waals surface area (Å²) in [7, 11) is 0. The summed E-state index contributed by atoms with van der Waals surface area (Å²) >= 11 is 0. The number of nitrogens with zero attached hydrogens (tertiary/aromatic N) is 1. The molecule has 0 fully saturated rings. The number of phenolic OH excluding ortho intramolecular Hbond substituents is 1. The van der Waals surface area contributed by atoms with Gasteiger partial charge >= 0.3 is 12.1 Å². The monoisotopic (exact) mass is 386 g/mol. The van der Waals surface area contributed by atoms with E-state index >= 15 is 0 Å². The Hall–Kier alpha value is -3.22. The van der Waals surface area contributed by atoms with Crippen molar-refractivity contribution in [2.45, 2.75) is 25.9 Å². The number of halogens is 4. The van der Waals surface area contributed by atoms with E-state index in [2.05, 4.69) is 0 Å². The second kappa shape index (κ2) is 7.19. The van der Waals surface area contributed by atoms with Crippen molar-refractivity contribution in [3.8, 4) is 11.8 Å². The second-order valence-corrected chi connectivity index (χ2v) is 5.50. The maximum atomic E-state index is 13.7. The Labute approximate surface area is 151 Å². The first kappa shape index (κ1) is 20.1. The molecule has 6 nitrogen and oxygen atoms in total. The number of aromatic hydroxyl groups is 1. The summed E-state index contributed by atoms with van der Waals surface area (Å²) in [5.74, 6) is -5.66. The number of rotatable bonds is 3. The highest BCUT2D eigenvalue weighted by Gasteiger charge is 2.41. The van der Waals surface area contributed by atoms with E-state index in [0.29, 0.717) is 6.07 Å². The minimum absolute atomic E-state index is 0.0629. The maximum absolute atomic E-state index is 13.7. The predicted octanol–water partition coefficient (Wildman–Crippen LogP) is 3.19. The topological polar surface area (TPSA) is 106 Å². The minimum Gasteiger partial charge on any atom is -0.508 e. The van der Waals surface area contributed by atoms with Crippen LogP contribution in [0.3, 0.4) is 0 Å². The molecule has 1 aliphatic heterocycles. The molecule has 0 aliphatic carbocycles. The van der Waals surface area contributed by atoms with Crippen molar-refractivity contribution < 1.29 is 36.9 Å². The third kappa shape index (κ3) is 3.67. The molecule has 1 heterocycles. The molecule has 0 aromatic heterocycles. The number of nitrogens with two attached hydrogens (primary N) is 1. The Morgan fingerprint density at radius 2 is 2.07 bits per heavy atom. The van der Waals surface area contributed by atoms with Crippen molar-refractivity contribution in [2.75, 3.05) is 6.61 Å². The Bertz CT molecular complexity index is 897. The first-order chi connectivity index (χ1) is 12.5. The molecule has 10 heteroatoms. The van der Waals surface area contributed by atoms with E-state index in [-0.39, 0.29) is 24.0 Å². The molecule has 2 rings (SSSR count). The van der Waals surface area contributed by atoms with Crippen LogP contribution in [0.5, 0.6) is 5.75 Å². The van der Waals surface area contributed by atoms with E-state index in [9.17, 15) is 32.7 Å². The molecule has 144 valence electrons. The summed E-state index contributed by atoms with van der Waals surface area (Å²) in [5.41, 5.74) is 2.68. The Balaban J connectivity index is 2.79. The van der Waals surface area contributed by atoms with E-state index < -0.39 is 52.2 Å². The zero-order valence-corrected chi connectivity index (χ0v) is 14.1. The summed E-state index contributed by atoms with van der Waals surface area (Å²) in [6.45, 7) is 2.73. The molecule has 0 saturated heterocycles. The van der Waals surface area contributed by atoms with Gasteiger partial charge in [-0.1, -0.05) is 0 Å². The lowest BCUT2D eigenvalue weighted by Gasteiger charge is -2.27. The van der Waals surface area contributed by atoms with Crippen LogP contribution in [0.1, 0.15) is 30.9 Å². The number of alkyl halides is 3. The van der Waals surface area contributed by atoms with Crippen LogP contribution in [0.25, 0.3) is 0 Å². The zero-order chi connectivity index (χ0) is 20.5.